The van der Waals surface area contributed by atoms with Crippen molar-refractivity contribution in [2.45, 2.75) is 50.8 Å². The number of nitrogens with two attached hydrogens (primary N) is 1. The molecule has 2 aliphatic heterocycles. The van der Waals surface area contributed by atoms with Crippen molar-refractivity contribution >= 4 is 35.1 Å². The Kier molecular flexibility index (Phi) is 7.00. The van der Waals surface area contributed by atoms with E-state index in [1.54, 1.807) is 30.0 Å². The quantitative estimate of drug-likeness (QED) is 0.641. The van der Waals surface area contributed by atoms with Crippen LogP contribution < -0.4 is 15.8 Å². The second-order valence-electron chi connectivity index (χ2n) is 9.01. The Morgan fingerprint density at radius 1 is 1.37 bits per heavy atom. The van der Waals surface area contributed by atoms with Crippen LogP contribution in [-0.4, -0.2) is 48.5 Å². The summed E-state index contributed by atoms with van der Waals surface area (Å²) in [5.41, 5.74) is 6.14. The molecule has 4 rings (SSSR count). The van der Waals surface area contributed by atoms with Gasteiger partial charge in [0.2, 0.25) is 5.91 Å². The summed E-state index contributed by atoms with van der Waals surface area (Å²) in [6.45, 7) is 4.31. The van der Waals surface area contributed by atoms with E-state index in [4.69, 9.17) is 26.8 Å². The molecule has 0 radical (unpaired) electrons. The number of nitrogens with zero attached hydrogens (tertiary/aromatic N) is 2. The van der Waals surface area contributed by atoms with Crippen LogP contribution in [0.3, 0.4) is 0 Å². The summed E-state index contributed by atoms with van der Waals surface area (Å²) < 4.78 is 24.5. The number of halogens is 2. The number of nitrogens with one attached hydrogen (secondary N) is 1. The van der Waals surface area contributed by atoms with E-state index >= 15 is 0 Å². The van der Waals surface area contributed by atoms with Crippen molar-refractivity contribution in [1.29, 1.82) is 0 Å². The second-order valence-corrected chi connectivity index (χ2v) is 9.39. The smallest absolute Gasteiger partial charge is 0.259 e. The zero-order valence-electron chi connectivity index (χ0n) is 19.8. The SMILES string of the molecule is COc1ccc(F)cc1C(=O)Nc1cccc([C@]2(C)CC(=O)N([C@@H]3CCO[C@H](C)C3)C(N)=N2)c1Cl. The maximum absolute atomic E-state index is 13.7. The molecule has 2 heterocycles. The highest BCUT2D eigenvalue weighted by atomic mass is 35.5. The van der Waals surface area contributed by atoms with Gasteiger partial charge in [0.15, 0.2) is 5.96 Å². The van der Waals surface area contributed by atoms with E-state index in [2.05, 4.69) is 10.3 Å². The first-order valence-corrected chi connectivity index (χ1v) is 11.7. The second kappa shape index (κ2) is 9.83. The number of amides is 2. The Morgan fingerprint density at radius 2 is 2.14 bits per heavy atom. The highest BCUT2D eigenvalue weighted by Crippen LogP contribution is 2.41. The maximum atomic E-state index is 13.7. The van der Waals surface area contributed by atoms with Gasteiger partial charge in [0.25, 0.3) is 5.91 Å². The first-order chi connectivity index (χ1) is 16.6. The predicted octanol–water partition coefficient (Wildman–Crippen LogP) is 4.07. The Balaban J connectivity index is 1.62. The zero-order chi connectivity index (χ0) is 25.3. The molecule has 2 aromatic rings. The normalized spacial score (nSPS) is 24.7. The minimum absolute atomic E-state index is 0.0247. The van der Waals surface area contributed by atoms with E-state index in [1.165, 1.54) is 19.2 Å². The molecule has 10 heteroatoms. The van der Waals surface area contributed by atoms with Crippen LogP contribution in [0.15, 0.2) is 41.4 Å². The molecule has 2 amide bonds. The van der Waals surface area contributed by atoms with Gasteiger partial charge in [0.1, 0.15) is 11.6 Å². The fourth-order valence-corrected chi connectivity index (χ4v) is 5.08. The number of carbonyl (C=O) groups is 2. The van der Waals surface area contributed by atoms with Crippen LogP contribution in [0, 0.1) is 5.82 Å². The number of benzene rings is 2. The van der Waals surface area contributed by atoms with Gasteiger partial charge in [0, 0.05) is 18.2 Å². The van der Waals surface area contributed by atoms with Gasteiger partial charge in [-0.2, -0.15) is 0 Å². The topological polar surface area (TPSA) is 106 Å². The molecule has 1 saturated heterocycles. The average Bonchev–Trinajstić information content (AvgIpc) is 2.79. The molecule has 2 aromatic carbocycles. The number of carbonyl (C=O) groups excluding carboxylic acids is 2. The molecule has 1 fully saturated rings. The summed E-state index contributed by atoms with van der Waals surface area (Å²) in [6, 6.07) is 8.67. The minimum atomic E-state index is -1.02. The van der Waals surface area contributed by atoms with E-state index in [0.717, 1.165) is 6.07 Å². The van der Waals surface area contributed by atoms with E-state index < -0.39 is 17.3 Å². The molecule has 0 spiro atoms. The molecule has 0 saturated carbocycles. The molecule has 8 nitrogen and oxygen atoms in total. The molecule has 0 aliphatic carbocycles. The minimum Gasteiger partial charge on any atom is -0.496 e. The van der Waals surface area contributed by atoms with Crippen molar-refractivity contribution in [3.63, 3.8) is 0 Å². The standard InChI is InChI=1S/C25H28ClFN4O4/c1-14-11-16(9-10-35-14)31-21(32)13-25(2,30-24(31)28)18-5-4-6-19(22(18)26)29-23(33)17-12-15(27)7-8-20(17)34-3/h4-8,12,14,16H,9-11,13H2,1-3H3,(H2,28,30)(H,29,33)/t14-,16-,25+/m1/s1. The fourth-order valence-electron chi connectivity index (χ4n) is 4.70. The van der Waals surface area contributed by atoms with Gasteiger partial charge < -0.3 is 20.5 Å². The molecule has 186 valence electrons. The van der Waals surface area contributed by atoms with Crippen LogP contribution in [0.2, 0.25) is 5.02 Å². The molecule has 0 aromatic heterocycles. The molecule has 2 aliphatic rings. The number of anilines is 1. The average molecular weight is 503 g/mol. The number of aliphatic imine (C=N–C) groups is 1. The lowest BCUT2D eigenvalue weighted by Crippen LogP contribution is -2.56. The van der Waals surface area contributed by atoms with E-state index in [1.807, 2.05) is 6.92 Å². The number of methoxy groups -OCH3 is 1. The predicted molar refractivity (Wildman–Crippen MR) is 131 cm³/mol. The van der Waals surface area contributed by atoms with Crippen molar-refractivity contribution in [3.8, 4) is 5.75 Å². The van der Waals surface area contributed by atoms with E-state index in [0.29, 0.717) is 30.7 Å². The third-order valence-corrected chi connectivity index (χ3v) is 6.84. The molecular formula is C25H28ClFN4O4. The number of ether oxygens (including phenoxy) is 2. The summed E-state index contributed by atoms with van der Waals surface area (Å²) in [6.07, 6.45) is 1.47. The number of guanidine groups is 1. The lowest BCUT2D eigenvalue weighted by atomic mass is 9.86. The van der Waals surface area contributed by atoms with Gasteiger partial charge in [0.05, 0.1) is 41.4 Å². The molecule has 0 bridgehead atoms. The molecule has 3 N–H and O–H groups in total. The van der Waals surface area contributed by atoms with Crippen molar-refractivity contribution in [2.24, 2.45) is 10.7 Å². The maximum Gasteiger partial charge on any atom is 0.259 e. The van der Waals surface area contributed by atoms with Crippen LogP contribution in [0.5, 0.6) is 5.75 Å². The van der Waals surface area contributed by atoms with Crippen LogP contribution in [0.1, 0.15) is 49.0 Å². The fraction of sp³-hybridized carbons (Fsp3) is 0.400. The van der Waals surface area contributed by atoms with Crippen LogP contribution in [0.25, 0.3) is 0 Å². The molecule has 35 heavy (non-hydrogen) atoms. The van der Waals surface area contributed by atoms with Crippen LogP contribution in [-0.2, 0) is 15.1 Å². The number of hydrogen-bond donors (Lipinski definition) is 2. The monoisotopic (exact) mass is 502 g/mol. The van der Waals surface area contributed by atoms with Gasteiger partial charge >= 0.3 is 0 Å². The third kappa shape index (κ3) is 4.97. The van der Waals surface area contributed by atoms with Gasteiger partial charge in [-0.05, 0) is 51.0 Å². The Bertz CT molecular complexity index is 1190. The van der Waals surface area contributed by atoms with E-state index in [-0.39, 0.29) is 46.8 Å². The summed E-state index contributed by atoms with van der Waals surface area (Å²) in [7, 11) is 1.39. The van der Waals surface area contributed by atoms with Crippen molar-refractivity contribution in [1.82, 2.24) is 4.90 Å². The first-order valence-electron chi connectivity index (χ1n) is 11.4. The summed E-state index contributed by atoms with van der Waals surface area (Å²) in [5, 5.41) is 2.93. The lowest BCUT2D eigenvalue weighted by Gasteiger charge is -2.41. The summed E-state index contributed by atoms with van der Waals surface area (Å²) in [4.78, 5) is 32.4. The highest BCUT2D eigenvalue weighted by Gasteiger charge is 2.42. The summed E-state index contributed by atoms with van der Waals surface area (Å²) >= 11 is 6.70. The number of rotatable bonds is 5. The van der Waals surface area contributed by atoms with E-state index in [9.17, 15) is 14.0 Å². The van der Waals surface area contributed by atoms with Gasteiger partial charge in [-0.25, -0.2) is 9.38 Å². The zero-order valence-corrected chi connectivity index (χ0v) is 20.6. The van der Waals surface area contributed by atoms with Gasteiger partial charge in [-0.1, -0.05) is 23.7 Å². The lowest BCUT2D eigenvalue weighted by molar-refractivity contribution is -0.133. The molecular weight excluding hydrogens is 475 g/mol. The van der Waals surface area contributed by atoms with Gasteiger partial charge in [-0.15, -0.1) is 0 Å². The van der Waals surface area contributed by atoms with Gasteiger partial charge in [-0.3, -0.25) is 14.5 Å². The Hall–Kier alpha value is -3.17. The molecule has 0 unspecified atom stereocenters. The van der Waals surface area contributed by atoms with Crippen LogP contribution >= 0.6 is 11.6 Å². The van der Waals surface area contributed by atoms with Crippen LogP contribution in [0.4, 0.5) is 10.1 Å². The number of hydrogen-bond acceptors (Lipinski definition) is 6. The van der Waals surface area contributed by atoms with Crippen molar-refractivity contribution in [3.05, 3.63) is 58.4 Å². The highest BCUT2D eigenvalue weighted by molar-refractivity contribution is 6.35. The Labute approximate surface area is 208 Å². The Morgan fingerprint density at radius 3 is 2.83 bits per heavy atom. The molecule has 3 atom stereocenters. The summed E-state index contributed by atoms with van der Waals surface area (Å²) in [5.74, 6) is -0.946. The third-order valence-electron chi connectivity index (χ3n) is 6.43. The first kappa shape index (κ1) is 24.9. The van der Waals surface area contributed by atoms with Crippen molar-refractivity contribution < 1.29 is 23.5 Å². The van der Waals surface area contributed by atoms with Crippen molar-refractivity contribution in [2.75, 3.05) is 19.0 Å². The largest absolute Gasteiger partial charge is 0.496 e.